The van der Waals surface area contributed by atoms with E-state index in [1.165, 1.54) is 0 Å². The van der Waals surface area contributed by atoms with Crippen molar-refractivity contribution >= 4 is 11.7 Å². The molecule has 0 atom stereocenters. The highest BCUT2D eigenvalue weighted by Crippen LogP contribution is 2.23. The molecule has 1 saturated heterocycles. The summed E-state index contributed by atoms with van der Waals surface area (Å²) in [5, 5.41) is 8.81. The molecule has 2 heterocycles. The number of aromatic nitrogens is 2. The summed E-state index contributed by atoms with van der Waals surface area (Å²) in [4.78, 5) is 16.8. The smallest absolute Gasteiger partial charge is 0.227 e. The summed E-state index contributed by atoms with van der Waals surface area (Å²) in [5.41, 5.74) is 4.05. The van der Waals surface area contributed by atoms with Crippen molar-refractivity contribution < 1.29 is 9.53 Å². The van der Waals surface area contributed by atoms with E-state index >= 15 is 0 Å². The van der Waals surface area contributed by atoms with Gasteiger partial charge in [-0.1, -0.05) is 36.4 Å². The maximum atomic E-state index is 12.7. The molecular weight excluding hydrogens is 376 g/mol. The Kier molecular flexibility index (Phi) is 5.93. The minimum absolute atomic E-state index is 0.184. The molecule has 0 aliphatic carbocycles. The first-order valence-electron chi connectivity index (χ1n) is 10.2. The fraction of sp³-hybridized carbons (Fsp3) is 0.292. The second kappa shape index (κ2) is 8.95. The van der Waals surface area contributed by atoms with Crippen molar-refractivity contribution in [3.63, 3.8) is 0 Å². The summed E-state index contributed by atoms with van der Waals surface area (Å²) in [6, 6.07) is 19.8. The minimum atomic E-state index is 0.184. The molecule has 1 fully saturated rings. The van der Waals surface area contributed by atoms with Crippen LogP contribution in [0.15, 0.2) is 60.7 Å². The molecule has 154 valence electrons. The number of carbonyl (C=O) groups excluding carboxylic acids is 1. The summed E-state index contributed by atoms with van der Waals surface area (Å²) in [6.07, 6.45) is 0.460. The van der Waals surface area contributed by atoms with Crippen LogP contribution in [-0.4, -0.2) is 54.3 Å². The highest BCUT2D eigenvalue weighted by Gasteiger charge is 2.22. The van der Waals surface area contributed by atoms with E-state index in [4.69, 9.17) is 4.74 Å². The number of piperazine rings is 1. The number of rotatable bonds is 5. The van der Waals surface area contributed by atoms with Gasteiger partial charge in [0.2, 0.25) is 5.91 Å². The van der Waals surface area contributed by atoms with Crippen LogP contribution >= 0.6 is 0 Å². The third kappa shape index (κ3) is 4.43. The van der Waals surface area contributed by atoms with E-state index in [9.17, 15) is 4.79 Å². The summed E-state index contributed by atoms with van der Waals surface area (Å²) in [6.45, 7) is 4.96. The lowest BCUT2D eigenvalue weighted by Crippen LogP contribution is -2.49. The minimum Gasteiger partial charge on any atom is -0.497 e. The van der Waals surface area contributed by atoms with Crippen LogP contribution in [0.25, 0.3) is 11.3 Å². The molecule has 1 aliphatic rings. The van der Waals surface area contributed by atoms with E-state index in [1.807, 2.05) is 59.5 Å². The van der Waals surface area contributed by atoms with E-state index in [0.29, 0.717) is 19.5 Å². The van der Waals surface area contributed by atoms with Crippen LogP contribution in [0, 0.1) is 6.92 Å². The average molecular weight is 402 g/mol. The number of anilines is 1. The van der Waals surface area contributed by atoms with Gasteiger partial charge in [-0.2, -0.15) is 0 Å². The Morgan fingerprint density at radius 3 is 2.47 bits per heavy atom. The number of aryl methyl sites for hydroxylation is 1. The molecular formula is C24H26N4O2. The molecule has 0 radical (unpaired) electrons. The van der Waals surface area contributed by atoms with Crippen LogP contribution < -0.4 is 9.64 Å². The molecule has 4 rings (SSSR count). The first-order valence-corrected chi connectivity index (χ1v) is 10.2. The molecule has 6 heteroatoms. The molecule has 3 aromatic rings. The van der Waals surface area contributed by atoms with Gasteiger partial charge in [0.15, 0.2) is 5.82 Å². The molecule has 30 heavy (non-hydrogen) atoms. The van der Waals surface area contributed by atoms with Gasteiger partial charge in [-0.3, -0.25) is 4.79 Å². The second-order valence-corrected chi connectivity index (χ2v) is 7.48. The largest absolute Gasteiger partial charge is 0.497 e. The lowest BCUT2D eigenvalue weighted by Gasteiger charge is -2.35. The number of ether oxygens (including phenoxy) is 1. The fourth-order valence-electron chi connectivity index (χ4n) is 3.70. The standard InChI is InChI=1S/C24H26N4O2/c1-18-6-3-4-7-19(18)17-24(29)28-14-12-27(13-15-28)23-11-10-22(25-26-23)20-8-5-9-21(16-20)30-2/h3-11,16H,12-15,17H2,1-2H3. The van der Waals surface area contributed by atoms with Gasteiger partial charge in [0.25, 0.3) is 0 Å². The predicted molar refractivity (Wildman–Crippen MR) is 118 cm³/mol. The quantitative estimate of drug-likeness (QED) is 0.655. The number of nitrogens with zero attached hydrogens (tertiary/aromatic N) is 4. The van der Waals surface area contributed by atoms with Crippen molar-refractivity contribution in [2.24, 2.45) is 0 Å². The Morgan fingerprint density at radius 2 is 1.77 bits per heavy atom. The van der Waals surface area contributed by atoms with E-state index in [1.54, 1.807) is 7.11 Å². The summed E-state index contributed by atoms with van der Waals surface area (Å²) >= 11 is 0. The van der Waals surface area contributed by atoms with Crippen LogP contribution in [0.4, 0.5) is 5.82 Å². The lowest BCUT2D eigenvalue weighted by atomic mass is 10.1. The van der Waals surface area contributed by atoms with Crippen molar-refractivity contribution in [3.05, 3.63) is 71.8 Å². The van der Waals surface area contributed by atoms with Gasteiger partial charge in [-0.15, -0.1) is 10.2 Å². The number of amides is 1. The molecule has 1 aliphatic heterocycles. The van der Waals surface area contributed by atoms with Crippen LogP contribution in [0.5, 0.6) is 5.75 Å². The van der Waals surface area contributed by atoms with Gasteiger partial charge in [0.05, 0.1) is 19.2 Å². The molecule has 0 N–H and O–H groups in total. The maximum absolute atomic E-state index is 12.7. The molecule has 1 aromatic heterocycles. The van der Waals surface area contributed by atoms with E-state index < -0.39 is 0 Å². The zero-order chi connectivity index (χ0) is 20.9. The molecule has 0 bridgehead atoms. The molecule has 2 aromatic carbocycles. The van der Waals surface area contributed by atoms with Crippen molar-refractivity contribution in [2.75, 3.05) is 38.2 Å². The zero-order valence-electron chi connectivity index (χ0n) is 17.4. The van der Waals surface area contributed by atoms with Crippen LogP contribution in [-0.2, 0) is 11.2 Å². The summed E-state index contributed by atoms with van der Waals surface area (Å²) < 4.78 is 5.28. The predicted octanol–water partition coefficient (Wildman–Crippen LogP) is 3.35. The molecule has 1 amide bonds. The highest BCUT2D eigenvalue weighted by molar-refractivity contribution is 5.79. The zero-order valence-corrected chi connectivity index (χ0v) is 17.4. The third-order valence-electron chi connectivity index (χ3n) is 5.58. The topological polar surface area (TPSA) is 58.6 Å². The van der Waals surface area contributed by atoms with Gasteiger partial charge < -0.3 is 14.5 Å². The van der Waals surface area contributed by atoms with Gasteiger partial charge in [0, 0.05) is 31.7 Å². The highest BCUT2D eigenvalue weighted by atomic mass is 16.5. The normalized spacial score (nSPS) is 13.9. The van der Waals surface area contributed by atoms with Crippen LogP contribution in [0.1, 0.15) is 11.1 Å². The van der Waals surface area contributed by atoms with Crippen molar-refractivity contribution in [3.8, 4) is 17.0 Å². The van der Waals surface area contributed by atoms with Gasteiger partial charge >= 0.3 is 0 Å². The molecule has 0 saturated carbocycles. The third-order valence-corrected chi connectivity index (χ3v) is 5.58. The van der Waals surface area contributed by atoms with Crippen LogP contribution in [0.3, 0.4) is 0 Å². The van der Waals surface area contributed by atoms with Gasteiger partial charge in [-0.05, 0) is 42.3 Å². The Labute approximate surface area is 177 Å². The Bertz CT molecular complexity index is 1010. The van der Waals surface area contributed by atoms with E-state index in [0.717, 1.165) is 47.0 Å². The summed E-state index contributed by atoms with van der Waals surface area (Å²) in [7, 11) is 1.65. The van der Waals surface area contributed by atoms with Crippen molar-refractivity contribution in [1.29, 1.82) is 0 Å². The maximum Gasteiger partial charge on any atom is 0.227 e. The SMILES string of the molecule is COc1cccc(-c2ccc(N3CCN(C(=O)Cc4ccccc4C)CC3)nn2)c1. The molecule has 0 spiro atoms. The molecule has 6 nitrogen and oxygen atoms in total. The number of benzene rings is 2. The number of methoxy groups -OCH3 is 1. The lowest BCUT2D eigenvalue weighted by molar-refractivity contribution is -0.130. The van der Waals surface area contributed by atoms with Gasteiger partial charge in [0.1, 0.15) is 5.75 Å². The number of hydrogen-bond donors (Lipinski definition) is 0. The van der Waals surface area contributed by atoms with Crippen LogP contribution in [0.2, 0.25) is 0 Å². The Hall–Kier alpha value is -3.41. The Morgan fingerprint density at radius 1 is 0.967 bits per heavy atom. The monoisotopic (exact) mass is 402 g/mol. The number of hydrogen-bond acceptors (Lipinski definition) is 5. The fourth-order valence-corrected chi connectivity index (χ4v) is 3.70. The molecule has 0 unspecified atom stereocenters. The first kappa shape index (κ1) is 19.9. The van der Waals surface area contributed by atoms with Gasteiger partial charge in [-0.25, -0.2) is 0 Å². The second-order valence-electron chi connectivity index (χ2n) is 7.48. The van der Waals surface area contributed by atoms with Crippen molar-refractivity contribution in [2.45, 2.75) is 13.3 Å². The Balaban J connectivity index is 1.36. The summed E-state index contributed by atoms with van der Waals surface area (Å²) in [5.74, 6) is 1.82. The van der Waals surface area contributed by atoms with E-state index in [-0.39, 0.29) is 5.91 Å². The number of carbonyl (C=O) groups is 1. The van der Waals surface area contributed by atoms with Crippen molar-refractivity contribution in [1.82, 2.24) is 15.1 Å². The van der Waals surface area contributed by atoms with E-state index in [2.05, 4.69) is 28.1 Å². The average Bonchev–Trinajstić information content (AvgIpc) is 2.81. The first-order chi connectivity index (χ1) is 14.6.